The summed E-state index contributed by atoms with van der Waals surface area (Å²) in [7, 11) is 1.74. The molecular weight excluding hydrogens is 286 g/mol. The highest BCUT2D eigenvalue weighted by molar-refractivity contribution is 6.33. The first-order valence-corrected chi connectivity index (χ1v) is 7.21. The minimum atomic E-state index is -0.210. The average Bonchev–Trinajstić information content (AvgIpc) is 2.53. The van der Waals surface area contributed by atoms with Crippen molar-refractivity contribution in [1.82, 2.24) is 10.3 Å². The second-order valence-electron chi connectivity index (χ2n) is 4.65. The number of benzene rings is 1. The van der Waals surface area contributed by atoms with Crippen LogP contribution in [0.25, 0.3) is 0 Å². The zero-order valence-electron chi connectivity index (χ0n) is 12.1. The molecule has 0 aliphatic heterocycles. The number of aromatic nitrogens is 1. The van der Waals surface area contributed by atoms with Crippen LogP contribution in [0.1, 0.15) is 28.4 Å². The van der Waals surface area contributed by atoms with Crippen molar-refractivity contribution >= 4 is 23.3 Å². The Morgan fingerprint density at radius 1 is 1.24 bits per heavy atom. The Morgan fingerprint density at radius 3 is 2.52 bits per heavy atom. The summed E-state index contributed by atoms with van der Waals surface area (Å²) >= 11 is 6.02. The lowest BCUT2D eigenvalue weighted by Gasteiger charge is -2.08. The number of nitrogens with zero attached hydrogens (tertiary/aromatic N) is 1. The van der Waals surface area contributed by atoms with Gasteiger partial charge in [-0.2, -0.15) is 0 Å². The Balaban J connectivity index is 2.04. The molecule has 0 radical (unpaired) electrons. The molecule has 0 aliphatic carbocycles. The van der Waals surface area contributed by atoms with Gasteiger partial charge in [-0.05, 0) is 23.6 Å². The molecule has 110 valence electrons. The van der Waals surface area contributed by atoms with Crippen molar-refractivity contribution in [2.24, 2.45) is 0 Å². The highest BCUT2D eigenvalue weighted by Gasteiger charge is 2.11. The van der Waals surface area contributed by atoms with Crippen LogP contribution in [0.4, 0.5) is 5.82 Å². The smallest absolute Gasteiger partial charge is 0.253 e. The Hall–Kier alpha value is -2.07. The van der Waals surface area contributed by atoms with Gasteiger partial charge < -0.3 is 10.6 Å². The third-order valence-electron chi connectivity index (χ3n) is 3.24. The van der Waals surface area contributed by atoms with Crippen LogP contribution in [-0.2, 0) is 13.0 Å². The summed E-state index contributed by atoms with van der Waals surface area (Å²) in [5, 5.41) is 6.09. The van der Waals surface area contributed by atoms with Crippen molar-refractivity contribution < 1.29 is 4.79 Å². The van der Waals surface area contributed by atoms with E-state index in [0.29, 0.717) is 22.9 Å². The van der Waals surface area contributed by atoms with E-state index in [-0.39, 0.29) is 5.91 Å². The highest BCUT2D eigenvalue weighted by Crippen LogP contribution is 2.17. The number of aryl methyl sites for hydroxylation is 1. The predicted octanol–water partition coefficient (Wildman–Crippen LogP) is 3.27. The fourth-order valence-corrected chi connectivity index (χ4v) is 2.11. The molecule has 1 aromatic carbocycles. The van der Waals surface area contributed by atoms with E-state index in [2.05, 4.69) is 34.7 Å². The van der Waals surface area contributed by atoms with E-state index in [1.165, 1.54) is 11.8 Å². The maximum absolute atomic E-state index is 12.2. The number of halogens is 1. The summed E-state index contributed by atoms with van der Waals surface area (Å²) in [5.41, 5.74) is 2.75. The molecule has 4 nitrogen and oxygen atoms in total. The molecule has 1 amide bonds. The van der Waals surface area contributed by atoms with E-state index in [1.807, 2.05) is 12.1 Å². The molecule has 0 saturated carbocycles. The Bertz CT molecular complexity index is 626. The standard InChI is InChI=1S/C16H18ClN3O/c1-3-11-4-6-12(7-5-11)9-20-16(21)13-8-15(18-2)19-10-14(13)17/h4-8,10H,3,9H2,1-2H3,(H,18,19)(H,20,21). The molecular formula is C16H18ClN3O. The summed E-state index contributed by atoms with van der Waals surface area (Å²) < 4.78 is 0. The lowest BCUT2D eigenvalue weighted by Crippen LogP contribution is -2.23. The first kappa shape index (κ1) is 15.3. The molecule has 1 heterocycles. The average molecular weight is 304 g/mol. The van der Waals surface area contributed by atoms with Crippen molar-refractivity contribution in [3.8, 4) is 0 Å². The van der Waals surface area contributed by atoms with Crippen molar-refractivity contribution in [3.63, 3.8) is 0 Å². The first-order valence-electron chi connectivity index (χ1n) is 6.83. The van der Waals surface area contributed by atoms with E-state index >= 15 is 0 Å². The minimum Gasteiger partial charge on any atom is -0.373 e. The van der Waals surface area contributed by atoms with E-state index in [0.717, 1.165) is 12.0 Å². The summed E-state index contributed by atoms with van der Waals surface area (Å²) in [6, 6.07) is 9.82. The second kappa shape index (κ2) is 7.09. The molecule has 2 rings (SSSR count). The molecule has 0 saturated heterocycles. The first-order chi connectivity index (χ1) is 10.1. The molecule has 5 heteroatoms. The van der Waals surface area contributed by atoms with Gasteiger partial charge in [0.05, 0.1) is 10.6 Å². The second-order valence-corrected chi connectivity index (χ2v) is 5.06. The number of anilines is 1. The van der Waals surface area contributed by atoms with Gasteiger partial charge in [-0.3, -0.25) is 4.79 Å². The van der Waals surface area contributed by atoms with E-state index < -0.39 is 0 Å². The van der Waals surface area contributed by atoms with Gasteiger partial charge in [-0.25, -0.2) is 4.98 Å². The number of hydrogen-bond acceptors (Lipinski definition) is 3. The van der Waals surface area contributed by atoms with Gasteiger partial charge in [-0.1, -0.05) is 42.8 Å². The van der Waals surface area contributed by atoms with Crippen LogP contribution >= 0.6 is 11.6 Å². The zero-order valence-corrected chi connectivity index (χ0v) is 12.9. The van der Waals surface area contributed by atoms with Gasteiger partial charge >= 0.3 is 0 Å². The largest absolute Gasteiger partial charge is 0.373 e. The molecule has 0 spiro atoms. The topological polar surface area (TPSA) is 54.0 Å². The number of carbonyl (C=O) groups is 1. The normalized spacial score (nSPS) is 10.2. The molecule has 2 N–H and O–H groups in total. The summed E-state index contributed by atoms with van der Waals surface area (Å²) in [5.74, 6) is 0.398. The van der Waals surface area contributed by atoms with Crippen LogP contribution in [-0.4, -0.2) is 17.9 Å². The number of pyridine rings is 1. The van der Waals surface area contributed by atoms with Crippen molar-refractivity contribution in [2.75, 3.05) is 12.4 Å². The van der Waals surface area contributed by atoms with Gasteiger partial charge in [0.1, 0.15) is 5.82 Å². The van der Waals surface area contributed by atoms with Crippen LogP contribution in [0.15, 0.2) is 36.5 Å². The van der Waals surface area contributed by atoms with Gasteiger partial charge in [0.2, 0.25) is 0 Å². The minimum absolute atomic E-state index is 0.210. The third-order valence-corrected chi connectivity index (χ3v) is 3.54. The maximum Gasteiger partial charge on any atom is 0.253 e. The quantitative estimate of drug-likeness (QED) is 0.891. The Labute approximate surface area is 129 Å². The zero-order chi connectivity index (χ0) is 15.2. The maximum atomic E-state index is 12.2. The van der Waals surface area contributed by atoms with Crippen LogP contribution in [0.5, 0.6) is 0 Å². The molecule has 0 unspecified atom stereocenters. The van der Waals surface area contributed by atoms with Crippen LogP contribution in [0, 0.1) is 0 Å². The molecule has 1 aromatic heterocycles. The number of hydrogen-bond donors (Lipinski definition) is 2. The molecule has 0 bridgehead atoms. The summed E-state index contributed by atoms with van der Waals surface area (Å²) in [4.78, 5) is 16.2. The summed E-state index contributed by atoms with van der Waals surface area (Å²) in [6.45, 7) is 2.58. The molecule has 0 aliphatic rings. The monoisotopic (exact) mass is 303 g/mol. The van der Waals surface area contributed by atoms with Crippen LogP contribution in [0.3, 0.4) is 0 Å². The number of carbonyl (C=O) groups excluding carboxylic acids is 1. The Kier molecular flexibility index (Phi) is 5.17. The molecule has 21 heavy (non-hydrogen) atoms. The van der Waals surface area contributed by atoms with E-state index in [4.69, 9.17) is 11.6 Å². The van der Waals surface area contributed by atoms with Crippen LogP contribution in [0.2, 0.25) is 5.02 Å². The van der Waals surface area contributed by atoms with Crippen molar-refractivity contribution in [2.45, 2.75) is 19.9 Å². The Morgan fingerprint density at radius 2 is 1.90 bits per heavy atom. The third kappa shape index (κ3) is 3.95. The van der Waals surface area contributed by atoms with E-state index in [9.17, 15) is 4.79 Å². The van der Waals surface area contributed by atoms with Gasteiger partial charge in [0.25, 0.3) is 5.91 Å². The number of rotatable bonds is 5. The molecule has 2 aromatic rings. The summed E-state index contributed by atoms with van der Waals surface area (Å²) in [6.07, 6.45) is 2.48. The SMILES string of the molecule is CCc1ccc(CNC(=O)c2cc(NC)ncc2Cl)cc1. The predicted molar refractivity (Wildman–Crippen MR) is 85.8 cm³/mol. The number of amides is 1. The fourth-order valence-electron chi connectivity index (χ4n) is 1.92. The highest BCUT2D eigenvalue weighted by atomic mass is 35.5. The lowest BCUT2D eigenvalue weighted by atomic mass is 10.1. The van der Waals surface area contributed by atoms with Crippen LogP contribution < -0.4 is 10.6 Å². The van der Waals surface area contributed by atoms with E-state index in [1.54, 1.807) is 13.1 Å². The van der Waals surface area contributed by atoms with Gasteiger partial charge in [0, 0.05) is 19.8 Å². The van der Waals surface area contributed by atoms with Gasteiger partial charge in [-0.15, -0.1) is 0 Å². The lowest BCUT2D eigenvalue weighted by molar-refractivity contribution is 0.0951. The van der Waals surface area contributed by atoms with Crippen molar-refractivity contribution in [3.05, 3.63) is 58.2 Å². The number of nitrogens with one attached hydrogen (secondary N) is 2. The molecule has 0 atom stereocenters. The fraction of sp³-hybridized carbons (Fsp3) is 0.250. The molecule has 0 fully saturated rings. The van der Waals surface area contributed by atoms with Crippen molar-refractivity contribution in [1.29, 1.82) is 0 Å². The van der Waals surface area contributed by atoms with Gasteiger partial charge in [0.15, 0.2) is 0 Å².